The molecular weight excluding hydrogens is 328 g/mol. The average molecular weight is 342 g/mol. The van der Waals surface area contributed by atoms with Gasteiger partial charge in [0.25, 0.3) is 0 Å². The molecule has 0 aliphatic heterocycles. The molecule has 0 bridgehead atoms. The van der Waals surface area contributed by atoms with Crippen LogP contribution in [0.5, 0.6) is 0 Å². The van der Waals surface area contributed by atoms with Gasteiger partial charge in [-0.1, -0.05) is 48.5 Å². The molecule has 0 radical (unpaired) electrons. The number of carbonyl (C=O) groups is 1. The fraction of sp³-hybridized carbons (Fsp3) is 0.0625. The van der Waals surface area contributed by atoms with Gasteiger partial charge in [-0.05, 0) is 39.3 Å². The lowest BCUT2D eigenvalue weighted by atomic mass is 10.2. The van der Waals surface area contributed by atoms with Crippen molar-refractivity contribution in [3.8, 4) is 0 Å². The summed E-state index contributed by atoms with van der Waals surface area (Å²) in [5.74, 6) is 0. The van der Waals surface area contributed by atoms with E-state index in [-0.39, 0.29) is 6.03 Å². The number of hydrogen-bond donors (Lipinski definition) is 1. The third-order valence-electron chi connectivity index (χ3n) is 2.92. The van der Waals surface area contributed by atoms with Gasteiger partial charge in [-0.25, -0.2) is 9.78 Å². The molecule has 2 aromatic carbocycles. The fourth-order valence-corrected chi connectivity index (χ4v) is 3.53. The van der Waals surface area contributed by atoms with Crippen molar-refractivity contribution in [1.82, 2.24) is 20.1 Å². The maximum Gasteiger partial charge on any atom is 0.343 e. The van der Waals surface area contributed by atoms with E-state index in [1.165, 1.54) is 21.8 Å². The summed E-state index contributed by atoms with van der Waals surface area (Å²) >= 11 is 0. The summed E-state index contributed by atoms with van der Waals surface area (Å²) in [5, 5.41) is 7.53. The zero-order valence-corrected chi connectivity index (χ0v) is 13.8. The van der Waals surface area contributed by atoms with Crippen LogP contribution in [-0.2, 0) is 6.54 Å². The molecule has 3 rings (SSSR count). The van der Waals surface area contributed by atoms with E-state index in [2.05, 4.69) is 15.4 Å². The molecule has 0 saturated heterocycles. The van der Waals surface area contributed by atoms with Gasteiger partial charge in [0.05, 0.1) is 0 Å². The zero-order chi connectivity index (χ0) is 15.9. The predicted molar refractivity (Wildman–Crippen MR) is 92.3 cm³/mol. The molecule has 1 amide bonds. The second-order valence-electron chi connectivity index (χ2n) is 4.60. The minimum Gasteiger partial charge on any atom is -0.332 e. The van der Waals surface area contributed by atoms with E-state index in [0.717, 1.165) is 10.5 Å². The third kappa shape index (κ3) is 4.61. The van der Waals surface area contributed by atoms with Crippen molar-refractivity contribution < 1.29 is 4.79 Å². The number of rotatable bonds is 5. The fourth-order valence-electron chi connectivity index (χ4n) is 1.80. The smallest absolute Gasteiger partial charge is 0.332 e. The highest BCUT2D eigenvalue weighted by Gasteiger charge is 2.09. The van der Waals surface area contributed by atoms with Gasteiger partial charge in [-0.2, -0.15) is 4.68 Å². The molecule has 0 saturated carbocycles. The third-order valence-corrected chi connectivity index (χ3v) is 5.08. The predicted octanol–water partition coefficient (Wildman–Crippen LogP) is 3.84. The SMILES string of the molecule is O=C(NCc1ccccc1)n1cnc(SSc2ccccc2)n1. The number of nitrogens with one attached hydrogen (secondary N) is 1. The van der Waals surface area contributed by atoms with E-state index in [0.29, 0.717) is 11.7 Å². The Morgan fingerprint density at radius 1 is 1.00 bits per heavy atom. The maximum absolute atomic E-state index is 12.0. The topological polar surface area (TPSA) is 59.8 Å². The van der Waals surface area contributed by atoms with Gasteiger partial charge in [0.2, 0.25) is 5.16 Å². The highest BCUT2D eigenvalue weighted by atomic mass is 33.1. The molecule has 3 aromatic rings. The summed E-state index contributed by atoms with van der Waals surface area (Å²) in [6.45, 7) is 0.459. The van der Waals surface area contributed by atoms with Crippen molar-refractivity contribution >= 4 is 27.6 Å². The Morgan fingerprint density at radius 3 is 2.43 bits per heavy atom. The Hall–Kier alpha value is -2.25. The van der Waals surface area contributed by atoms with Crippen LogP contribution in [0.2, 0.25) is 0 Å². The van der Waals surface area contributed by atoms with E-state index in [1.54, 1.807) is 10.8 Å². The van der Waals surface area contributed by atoms with E-state index in [1.807, 2.05) is 60.7 Å². The van der Waals surface area contributed by atoms with Crippen molar-refractivity contribution in [2.45, 2.75) is 16.6 Å². The number of carbonyl (C=O) groups excluding carboxylic acids is 1. The molecule has 23 heavy (non-hydrogen) atoms. The molecule has 7 heteroatoms. The van der Waals surface area contributed by atoms with Gasteiger partial charge in [0, 0.05) is 11.4 Å². The summed E-state index contributed by atoms with van der Waals surface area (Å²) in [5.41, 5.74) is 1.04. The first kappa shape index (κ1) is 15.6. The monoisotopic (exact) mass is 342 g/mol. The normalized spacial score (nSPS) is 10.4. The molecule has 0 atom stereocenters. The summed E-state index contributed by atoms with van der Waals surface area (Å²) in [7, 11) is 2.98. The minimum absolute atomic E-state index is 0.294. The van der Waals surface area contributed by atoms with Crippen molar-refractivity contribution in [3.05, 3.63) is 72.6 Å². The largest absolute Gasteiger partial charge is 0.343 e. The standard InChI is InChI=1S/C16H14N4OS2/c21-16(17-11-13-7-3-1-4-8-13)20-12-18-15(19-20)23-22-14-9-5-2-6-10-14/h1-10,12H,11H2,(H,17,21). The molecule has 0 fully saturated rings. The van der Waals surface area contributed by atoms with Gasteiger partial charge in [0.15, 0.2) is 0 Å². The zero-order valence-electron chi connectivity index (χ0n) is 12.1. The minimum atomic E-state index is -0.294. The van der Waals surface area contributed by atoms with Gasteiger partial charge in [-0.3, -0.25) is 0 Å². The van der Waals surface area contributed by atoms with Crippen LogP contribution in [0.3, 0.4) is 0 Å². The molecule has 1 aromatic heterocycles. The summed E-state index contributed by atoms with van der Waals surface area (Å²) in [6.07, 6.45) is 1.42. The quantitative estimate of drug-likeness (QED) is 0.714. The molecule has 0 aliphatic rings. The number of nitrogens with zero attached hydrogens (tertiary/aromatic N) is 3. The molecular formula is C16H14N4OS2. The van der Waals surface area contributed by atoms with E-state index < -0.39 is 0 Å². The summed E-state index contributed by atoms with van der Waals surface area (Å²) in [6, 6.07) is 19.4. The molecule has 0 unspecified atom stereocenters. The van der Waals surface area contributed by atoms with Crippen LogP contribution in [0.1, 0.15) is 5.56 Å². The lowest BCUT2D eigenvalue weighted by Crippen LogP contribution is -2.28. The van der Waals surface area contributed by atoms with Gasteiger partial charge in [0.1, 0.15) is 6.33 Å². The van der Waals surface area contributed by atoms with Crippen LogP contribution in [-0.4, -0.2) is 20.8 Å². The van der Waals surface area contributed by atoms with Crippen LogP contribution in [0.25, 0.3) is 0 Å². The second-order valence-corrected chi connectivity index (χ2v) is 6.77. The molecule has 0 aliphatic carbocycles. The van der Waals surface area contributed by atoms with E-state index >= 15 is 0 Å². The van der Waals surface area contributed by atoms with Gasteiger partial charge >= 0.3 is 6.03 Å². The first-order chi connectivity index (χ1) is 11.3. The lowest BCUT2D eigenvalue weighted by molar-refractivity contribution is 0.239. The maximum atomic E-state index is 12.0. The van der Waals surface area contributed by atoms with Crippen molar-refractivity contribution in [1.29, 1.82) is 0 Å². The summed E-state index contributed by atoms with van der Waals surface area (Å²) < 4.78 is 1.22. The van der Waals surface area contributed by atoms with E-state index in [9.17, 15) is 4.79 Å². The Balaban J connectivity index is 1.53. The Bertz CT molecular complexity index is 762. The Morgan fingerprint density at radius 2 is 1.70 bits per heavy atom. The summed E-state index contributed by atoms with van der Waals surface area (Å²) in [4.78, 5) is 17.3. The van der Waals surface area contributed by atoms with Crippen LogP contribution in [0.15, 0.2) is 77.0 Å². The van der Waals surface area contributed by atoms with Crippen LogP contribution in [0, 0.1) is 0 Å². The first-order valence-electron chi connectivity index (χ1n) is 6.94. The number of benzene rings is 2. The van der Waals surface area contributed by atoms with Gasteiger partial charge in [-0.15, -0.1) is 5.10 Å². The Labute approximate surface area is 141 Å². The first-order valence-corrected chi connectivity index (χ1v) is 9.09. The number of amides is 1. The number of aromatic nitrogens is 3. The van der Waals surface area contributed by atoms with Crippen molar-refractivity contribution in [2.75, 3.05) is 0 Å². The lowest BCUT2D eigenvalue weighted by Gasteiger charge is -2.03. The second kappa shape index (κ2) is 7.85. The van der Waals surface area contributed by atoms with Crippen LogP contribution < -0.4 is 5.32 Å². The van der Waals surface area contributed by atoms with E-state index in [4.69, 9.17) is 0 Å². The average Bonchev–Trinajstić information content (AvgIpc) is 3.09. The molecule has 1 N–H and O–H groups in total. The van der Waals surface area contributed by atoms with Crippen molar-refractivity contribution in [2.24, 2.45) is 0 Å². The van der Waals surface area contributed by atoms with Crippen LogP contribution in [0.4, 0.5) is 4.79 Å². The van der Waals surface area contributed by atoms with Gasteiger partial charge < -0.3 is 5.32 Å². The highest BCUT2D eigenvalue weighted by molar-refractivity contribution is 8.76. The highest BCUT2D eigenvalue weighted by Crippen LogP contribution is 2.34. The molecule has 116 valence electrons. The molecule has 0 spiro atoms. The van der Waals surface area contributed by atoms with Crippen LogP contribution >= 0.6 is 21.6 Å². The van der Waals surface area contributed by atoms with Crippen molar-refractivity contribution in [3.63, 3.8) is 0 Å². The number of hydrogen-bond acceptors (Lipinski definition) is 5. The Kier molecular flexibility index (Phi) is 5.33. The molecule has 1 heterocycles. The molecule has 5 nitrogen and oxygen atoms in total.